The highest BCUT2D eigenvalue weighted by molar-refractivity contribution is 8.00. The Morgan fingerprint density at radius 3 is 2.61 bits per heavy atom. The van der Waals surface area contributed by atoms with Crippen molar-refractivity contribution >= 4 is 35.2 Å². The number of amides is 3. The quantitative estimate of drug-likeness (QED) is 0.505. The van der Waals surface area contributed by atoms with Gasteiger partial charge in [0.25, 0.3) is 5.91 Å². The molecule has 1 aliphatic rings. The Balaban J connectivity index is 1.34. The fourth-order valence-corrected chi connectivity index (χ4v) is 4.82. The first-order chi connectivity index (χ1) is 16.0. The summed E-state index contributed by atoms with van der Waals surface area (Å²) in [5.74, 6) is -0.366. The van der Waals surface area contributed by atoms with E-state index in [1.54, 1.807) is 24.3 Å². The second kappa shape index (κ2) is 10.4. The highest BCUT2D eigenvalue weighted by Gasteiger charge is 2.24. The van der Waals surface area contributed by atoms with Gasteiger partial charge in [-0.2, -0.15) is 0 Å². The molecule has 6 nitrogen and oxygen atoms in total. The molecule has 168 valence electrons. The van der Waals surface area contributed by atoms with Gasteiger partial charge in [-0.3, -0.25) is 14.4 Å². The van der Waals surface area contributed by atoms with Crippen molar-refractivity contribution in [3.63, 3.8) is 0 Å². The van der Waals surface area contributed by atoms with E-state index in [9.17, 15) is 14.4 Å². The van der Waals surface area contributed by atoms with E-state index in [0.29, 0.717) is 30.6 Å². The molecule has 0 aliphatic carbocycles. The van der Waals surface area contributed by atoms with E-state index >= 15 is 0 Å². The van der Waals surface area contributed by atoms with Crippen LogP contribution >= 0.6 is 11.8 Å². The van der Waals surface area contributed by atoms with E-state index in [-0.39, 0.29) is 17.6 Å². The summed E-state index contributed by atoms with van der Waals surface area (Å²) < 4.78 is 0. The van der Waals surface area contributed by atoms with Crippen molar-refractivity contribution in [1.29, 1.82) is 0 Å². The van der Waals surface area contributed by atoms with Gasteiger partial charge >= 0.3 is 0 Å². The number of hydrogen-bond acceptors (Lipinski definition) is 4. The molecule has 1 aliphatic heterocycles. The molecule has 0 bridgehead atoms. The number of hydrogen-bond donors (Lipinski definition) is 2. The van der Waals surface area contributed by atoms with Crippen LogP contribution in [0.5, 0.6) is 0 Å². The minimum Gasteiger partial charge on any atom is -0.366 e. The van der Waals surface area contributed by atoms with Gasteiger partial charge in [-0.25, -0.2) is 0 Å². The summed E-state index contributed by atoms with van der Waals surface area (Å²) in [7, 11) is 0. The Morgan fingerprint density at radius 2 is 1.76 bits per heavy atom. The van der Waals surface area contributed by atoms with E-state index < -0.39 is 5.91 Å². The van der Waals surface area contributed by atoms with Crippen molar-refractivity contribution in [1.82, 2.24) is 5.32 Å². The van der Waals surface area contributed by atoms with Crippen molar-refractivity contribution in [2.24, 2.45) is 5.73 Å². The topological polar surface area (TPSA) is 92.5 Å². The lowest BCUT2D eigenvalue weighted by Crippen LogP contribution is -2.30. The lowest BCUT2D eigenvalue weighted by Gasteiger charge is -2.17. The molecule has 0 atom stereocenters. The lowest BCUT2D eigenvalue weighted by atomic mass is 10.1. The van der Waals surface area contributed by atoms with Gasteiger partial charge in [-0.05, 0) is 54.3 Å². The summed E-state index contributed by atoms with van der Waals surface area (Å²) >= 11 is 1.38. The molecular weight excluding hydrogens is 434 g/mol. The van der Waals surface area contributed by atoms with Gasteiger partial charge in [0.1, 0.15) is 0 Å². The minimum absolute atomic E-state index is 0.0366. The summed E-state index contributed by atoms with van der Waals surface area (Å²) in [5, 5.41) is 2.93. The fraction of sp³-hybridized carbons (Fsp3) is 0.192. The van der Waals surface area contributed by atoms with Gasteiger partial charge in [-0.15, -0.1) is 11.8 Å². The first-order valence-corrected chi connectivity index (χ1v) is 11.8. The zero-order valence-electron chi connectivity index (χ0n) is 18.1. The first kappa shape index (κ1) is 22.6. The number of rotatable bonds is 8. The molecular formula is C26H25N3O3S. The number of nitrogens with zero attached hydrogens (tertiary/aromatic N) is 1. The molecule has 1 heterocycles. The van der Waals surface area contributed by atoms with E-state index in [1.165, 1.54) is 17.3 Å². The molecule has 0 fully saturated rings. The molecule has 4 rings (SSSR count). The third-order valence-corrected chi connectivity index (χ3v) is 6.64. The predicted octanol–water partition coefficient (Wildman–Crippen LogP) is 3.44. The molecule has 0 radical (unpaired) electrons. The smallest absolute Gasteiger partial charge is 0.252 e. The zero-order valence-corrected chi connectivity index (χ0v) is 18.9. The molecule has 33 heavy (non-hydrogen) atoms. The molecule has 0 saturated carbocycles. The van der Waals surface area contributed by atoms with Crippen LogP contribution in [0.15, 0.2) is 77.7 Å². The molecule has 3 aromatic rings. The van der Waals surface area contributed by atoms with Crippen molar-refractivity contribution < 1.29 is 14.4 Å². The summed E-state index contributed by atoms with van der Waals surface area (Å²) in [6.45, 7) is 1.11. The average molecular weight is 460 g/mol. The van der Waals surface area contributed by atoms with E-state index in [2.05, 4.69) is 11.4 Å². The maximum Gasteiger partial charge on any atom is 0.252 e. The van der Waals surface area contributed by atoms with Crippen LogP contribution in [0.2, 0.25) is 0 Å². The van der Waals surface area contributed by atoms with Crippen LogP contribution < -0.4 is 16.0 Å². The number of fused-ring (bicyclic) bond motifs is 1. The molecule has 0 spiro atoms. The maximum absolute atomic E-state index is 12.8. The molecule has 0 unspecified atom stereocenters. The summed E-state index contributed by atoms with van der Waals surface area (Å²) in [5.41, 5.74) is 9.42. The van der Waals surface area contributed by atoms with Crippen LogP contribution in [0.4, 0.5) is 5.69 Å². The molecule has 3 amide bonds. The minimum atomic E-state index is -0.473. The Bertz CT molecular complexity index is 1190. The fourth-order valence-electron chi connectivity index (χ4n) is 3.89. The van der Waals surface area contributed by atoms with Crippen LogP contribution in [0.25, 0.3) is 0 Å². The molecule has 3 aromatic carbocycles. The van der Waals surface area contributed by atoms with Crippen LogP contribution in [0.3, 0.4) is 0 Å². The number of carbonyl (C=O) groups excluding carboxylic acids is 3. The maximum atomic E-state index is 12.8. The van der Waals surface area contributed by atoms with Gasteiger partial charge in [0.2, 0.25) is 11.8 Å². The number of thioether (sulfide) groups is 1. The Morgan fingerprint density at radius 1 is 0.970 bits per heavy atom. The van der Waals surface area contributed by atoms with Crippen molar-refractivity contribution in [3.8, 4) is 0 Å². The van der Waals surface area contributed by atoms with Gasteiger partial charge < -0.3 is 16.0 Å². The molecule has 0 saturated heterocycles. The number of nitrogens with two attached hydrogens (primary N) is 1. The van der Waals surface area contributed by atoms with E-state index in [1.807, 2.05) is 47.4 Å². The zero-order chi connectivity index (χ0) is 23.2. The Labute approximate surface area is 197 Å². The van der Waals surface area contributed by atoms with Gasteiger partial charge in [-0.1, -0.05) is 42.5 Å². The van der Waals surface area contributed by atoms with Crippen LogP contribution in [-0.4, -0.2) is 36.6 Å². The molecule has 7 heteroatoms. The first-order valence-electron chi connectivity index (χ1n) is 10.8. The number of benzene rings is 3. The second-order valence-electron chi connectivity index (χ2n) is 7.78. The number of anilines is 1. The van der Waals surface area contributed by atoms with Crippen LogP contribution in [-0.2, 0) is 17.6 Å². The van der Waals surface area contributed by atoms with Crippen molar-refractivity contribution in [2.45, 2.75) is 17.7 Å². The third kappa shape index (κ3) is 5.43. The Kier molecular flexibility index (Phi) is 7.10. The number of primary amides is 1. The summed E-state index contributed by atoms with van der Waals surface area (Å²) in [4.78, 5) is 39.6. The highest BCUT2D eigenvalue weighted by Crippen LogP contribution is 2.29. The Hall–Kier alpha value is -3.58. The van der Waals surface area contributed by atoms with Crippen molar-refractivity contribution in [3.05, 3.63) is 95.1 Å². The molecule has 0 aromatic heterocycles. The standard InChI is InChI=1S/C26H25N3O3S/c27-25(31)20-8-5-6-18(16-20)12-14-28-26(32)21-9-2-4-11-23(21)33-17-24(30)29-15-13-19-7-1-3-10-22(19)29/h1-11,16H,12-15,17H2,(H2,27,31)(H,28,32). The van der Waals surface area contributed by atoms with Crippen molar-refractivity contribution in [2.75, 3.05) is 23.7 Å². The van der Waals surface area contributed by atoms with Crippen LogP contribution in [0.1, 0.15) is 31.8 Å². The third-order valence-electron chi connectivity index (χ3n) is 5.58. The monoisotopic (exact) mass is 459 g/mol. The summed E-state index contributed by atoms with van der Waals surface area (Å²) in [6.07, 6.45) is 1.45. The SMILES string of the molecule is NC(=O)c1cccc(CCNC(=O)c2ccccc2SCC(=O)N2CCc3ccccc32)c1. The summed E-state index contributed by atoms with van der Waals surface area (Å²) in [6, 6.07) is 22.3. The van der Waals surface area contributed by atoms with Gasteiger partial charge in [0.15, 0.2) is 0 Å². The van der Waals surface area contributed by atoms with Crippen LogP contribution in [0, 0.1) is 0 Å². The largest absolute Gasteiger partial charge is 0.366 e. The van der Waals surface area contributed by atoms with E-state index in [0.717, 1.165) is 22.6 Å². The highest BCUT2D eigenvalue weighted by atomic mass is 32.2. The predicted molar refractivity (Wildman–Crippen MR) is 131 cm³/mol. The van der Waals surface area contributed by atoms with Gasteiger partial charge in [0, 0.05) is 29.2 Å². The normalized spacial score (nSPS) is 12.3. The second-order valence-corrected chi connectivity index (χ2v) is 8.80. The van der Waals surface area contributed by atoms with Gasteiger partial charge in [0.05, 0.1) is 11.3 Å². The average Bonchev–Trinajstić information content (AvgIpc) is 3.27. The number of para-hydroxylation sites is 1. The van der Waals surface area contributed by atoms with E-state index in [4.69, 9.17) is 5.73 Å². The number of nitrogens with one attached hydrogen (secondary N) is 1. The number of carbonyl (C=O) groups is 3. The lowest BCUT2D eigenvalue weighted by molar-refractivity contribution is -0.116. The molecule has 3 N–H and O–H groups in total.